The predicted octanol–water partition coefficient (Wildman–Crippen LogP) is 10.4. The van der Waals surface area contributed by atoms with Crippen LogP contribution >= 0.6 is 0 Å². The molecule has 1 aliphatic rings. The van der Waals surface area contributed by atoms with Gasteiger partial charge in [0.2, 0.25) is 0 Å². The molecule has 3 nitrogen and oxygen atoms in total. The van der Waals surface area contributed by atoms with Crippen molar-refractivity contribution in [2.24, 2.45) is 0 Å². The van der Waals surface area contributed by atoms with Crippen LogP contribution in [0.4, 0.5) is 0 Å². The lowest BCUT2D eigenvalue weighted by Crippen LogP contribution is -2.17. The Morgan fingerprint density at radius 1 is 0.523 bits per heavy atom. The SMILES string of the molecule is CC1(C)c2ccc3ccccc3c2-c2nc(-c3ccccc3)nc(-c3ccc4c(c3)c3ccccc3n4-c3ccccc3)c21. The fourth-order valence-corrected chi connectivity index (χ4v) is 7.32. The summed E-state index contributed by atoms with van der Waals surface area (Å²) >= 11 is 0. The quantitative estimate of drug-likeness (QED) is 0.214. The van der Waals surface area contributed by atoms with E-state index in [9.17, 15) is 0 Å². The van der Waals surface area contributed by atoms with Crippen molar-refractivity contribution in [1.82, 2.24) is 14.5 Å². The second-order valence-electron chi connectivity index (χ2n) is 12.2. The highest BCUT2D eigenvalue weighted by atomic mass is 15.0. The standard InChI is InChI=1S/C41H29N3/c1-41(2)33-23-21-26-13-9-10-18-30(26)36(33)39-37(41)38(42-40(43-39)27-14-5-3-6-15-27)28-22-24-35-32(25-28)31-19-11-12-20-34(31)44(35)29-16-7-4-8-17-29/h3-25H,1-2H3. The van der Waals surface area contributed by atoms with Gasteiger partial charge in [-0.15, -0.1) is 0 Å². The van der Waals surface area contributed by atoms with Crippen LogP contribution in [0.5, 0.6) is 0 Å². The third-order valence-electron chi connectivity index (χ3n) is 9.37. The minimum atomic E-state index is -0.272. The predicted molar refractivity (Wildman–Crippen MR) is 182 cm³/mol. The first-order valence-electron chi connectivity index (χ1n) is 15.2. The molecular weight excluding hydrogens is 534 g/mol. The molecule has 208 valence electrons. The lowest BCUT2D eigenvalue weighted by atomic mass is 9.80. The molecule has 0 saturated carbocycles. The van der Waals surface area contributed by atoms with Crippen LogP contribution in [-0.4, -0.2) is 14.5 Å². The van der Waals surface area contributed by atoms with E-state index in [-0.39, 0.29) is 5.41 Å². The third-order valence-corrected chi connectivity index (χ3v) is 9.37. The van der Waals surface area contributed by atoms with Crippen LogP contribution in [-0.2, 0) is 5.41 Å². The molecule has 0 amide bonds. The normalized spacial score (nSPS) is 13.4. The van der Waals surface area contributed by atoms with Gasteiger partial charge in [-0.3, -0.25) is 0 Å². The van der Waals surface area contributed by atoms with E-state index < -0.39 is 0 Å². The summed E-state index contributed by atoms with van der Waals surface area (Å²) in [4.78, 5) is 10.7. The largest absolute Gasteiger partial charge is 0.309 e. The van der Waals surface area contributed by atoms with Crippen molar-refractivity contribution in [3.8, 4) is 39.6 Å². The van der Waals surface area contributed by atoms with Gasteiger partial charge in [0.1, 0.15) is 0 Å². The van der Waals surface area contributed by atoms with Gasteiger partial charge in [0.15, 0.2) is 5.82 Å². The summed E-state index contributed by atoms with van der Waals surface area (Å²) in [5.74, 6) is 0.753. The highest BCUT2D eigenvalue weighted by Crippen LogP contribution is 2.53. The zero-order chi connectivity index (χ0) is 29.4. The van der Waals surface area contributed by atoms with Crippen molar-refractivity contribution in [3.05, 3.63) is 151 Å². The van der Waals surface area contributed by atoms with Crippen molar-refractivity contribution in [2.45, 2.75) is 19.3 Å². The maximum Gasteiger partial charge on any atom is 0.160 e. The monoisotopic (exact) mass is 563 g/mol. The Balaban J connectivity index is 1.37. The topological polar surface area (TPSA) is 30.7 Å². The van der Waals surface area contributed by atoms with E-state index in [0.717, 1.165) is 34.0 Å². The first-order valence-corrected chi connectivity index (χ1v) is 15.2. The van der Waals surface area contributed by atoms with Crippen molar-refractivity contribution < 1.29 is 0 Å². The Hall–Kier alpha value is -5.54. The molecule has 2 heterocycles. The highest BCUT2D eigenvalue weighted by Gasteiger charge is 2.41. The van der Waals surface area contributed by atoms with E-state index in [1.54, 1.807) is 0 Å². The minimum Gasteiger partial charge on any atom is -0.309 e. The van der Waals surface area contributed by atoms with Crippen molar-refractivity contribution in [3.63, 3.8) is 0 Å². The second kappa shape index (κ2) is 9.23. The van der Waals surface area contributed by atoms with Gasteiger partial charge in [-0.25, -0.2) is 9.97 Å². The van der Waals surface area contributed by atoms with E-state index in [1.807, 2.05) is 6.07 Å². The minimum absolute atomic E-state index is 0.272. The number of nitrogens with zero attached hydrogens (tertiary/aromatic N) is 3. The fourth-order valence-electron chi connectivity index (χ4n) is 7.32. The van der Waals surface area contributed by atoms with Crippen molar-refractivity contribution >= 4 is 32.6 Å². The first-order chi connectivity index (χ1) is 21.6. The molecule has 0 saturated heterocycles. The number of aromatic nitrogens is 3. The lowest BCUT2D eigenvalue weighted by Gasteiger charge is -2.24. The summed E-state index contributed by atoms with van der Waals surface area (Å²) in [5.41, 5.74) is 11.1. The Morgan fingerprint density at radius 2 is 1.18 bits per heavy atom. The van der Waals surface area contributed by atoms with E-state index in [2.05, 4.69) is 152 Å². The van der Waals surface area contributed by atoms with Crippen molar-refractivity contribution in [2.75, 3.05) is 0 Å². The van der Waals surface area contributed by atoms with Crippen LogP contribution in [0.2, 0.25) is 0 Å². The zero-order valence-corrected chi connectivity index (χ0v) is 24.6. The Morgan fingerprint density at radius 3 is 2.00 bits per heavy atom. The Bertz CT molecular complexity index is 2400. The van der Waals surface area contributed by atoms with Crippen LogP contribution in [0.25, 0.3) is 72.2 Å². The Labute approximate surface area is 256 Å². The molecule has 0 atom stereocenters. The van der Waals surface area contributed by atoms with Crippen LogP contribution in [0.3, 0.4) is 0 Å². The molecule has 2 aromatic heterocycles. The number of benzene rings is 6. The van der Waals surface area contributed by atoms with Gasteiger partial charge in [-0.1, -0.05) is 123 Å². The van der Waals surface area contributed by atoms with Gasteiger partial charge >= 0.3 is 0 Å². The van der Waals surface area contributed by atoms with Gasteiger partial charge in [-0.05, 0) is 46.7 Å². The zero-order valence-electron chi connectivity index (χ0n) is 24.6. The van der Waals surface area contributed by atoms with Gasteiger partial charge in [0.05, 0.1) is 22.4 Å². The van der Waals surface area contributed by atoms with E-state index in [4.69, 9.17) is 9.97 Å². The molecule has 0 unspecified atom stereocenters. The molecule has 0 fully saturated rings. The molecular formula is C41H29N3. The summed E-state index contributed by atoms with van der Waals surface area (Å²) in [7, 11) is 0. The molecule has 0 radical (unpaired) electrons. The smallest absolute Gasteiger partial charge is 0.160 e. The maximum absolute atomic E-state index is 5.38. The molecule has 3 heteroatoms. The molecule has 1 aliphatic carbocycles. The molecule has 0 N–H and O–H groups in total. The Kier molecular flexibility index (Phi) is 5.24. The average molecular weight is 564 g/mol. The number of para-hydroxylation sites is 2. The molecule has 0 aliphatic heterocycles. The van der Waals surface area contributed by atoms with Gasteiger partial charge in [0.25, 0.3) is 0 Å². The first kappa shape index (κ1) is 25.0. The average Bonchev–Trinajstić information content (AvgIpc) is 3.53. The lowest BCUT2D eigenvalue weighted by molar-refractivity contribution is 0.658. The molecule has 9 rings (SSSR count). The number of hydrogen-bond donors (Lipinski definition) is 0. The molecule has 8 aromatic rings. The molecule has 6 aromatic carbocycles. The van der Waals surface area contributed by atoms with Crippen LogP contribution in [0.1, 0.15) is 25.0 Å². The number of hydrogen-bond acceptors (Lipinski definition) is 2. The number of fused-ring (bicyclic) bond motifs is 8. The highest BCUT2D eigenvalue weighted by molar-refractivity contribution is 6.11. The summed E-state index contributed by atoms with van der Waals surface area (Å²) in [6.07, 6.45) is 0. The molecule has 0 bridgehead atoms. The van der Waals surface area contributed by atoms with E-state index >= 15 is 0 Å². The van der Waals surface area contributed by atoms with Gasteiger partial charge in [0, 0.05) is 44.1 Å². The molecule has 0 spiro atoms. The van der Waals surface area contributed by atoms with Crippen LogP contribution in [0.15, 0.2) is 140 Å². The number of rotatable bonds is 3. The van der Waals surface area contributed by atoms with Crippen LogP contribution in [0, 0.1) is 0 Å². The fraction of sp³-hybridized carbons (Fsp3) is 0.0732. The van der Waals surface area contributed by atoms with Crippen molar-refractivity contribution in [1.29, 1.82) is 0 Å². The summed E-state index contributed by atoms with van der Waals surface area (Å²) in [6.45, 7) is 4.64. The van der Waals surface area contributed by atoms with E-state index in [0.29, 0.717) is 0 Å². The summed E-state index contributed by atoms with van der Waals surface area (Å²) < 4.78 is 2.36. The third kappa shape index (κ3) is 3.50. The maximum atomic E-state index is 5.38. The van der Waals surface area contributed by atoms with Crippen LogP contribution < -0.4 is 0 Å². The second-order valence-corrected chi connectivity index (χ2v) is 12.2. The van der Waals surface area contributed by atoms with Gasteiger partial charge in [-0.2, -0.15) is 0 Å². The van der Waals surface area contributed by atoms with E-state index in [1.165, 1.54) is 49.3 Å². The molecule has 44 heavy (non-hydrogen) atoms. The van der Waals surface area contributed by atoms with Gasteiger partial charge < -0.3 is 4.57 Å². The summed E-state index contributed by atoms with van der Waals surface area (Å²) in [6, 6.07) is 49.7. The summed E-state index contributed by atoms with van der Waals surface area (Å²) in [5, 5.41) is 4.92.